The van der Waals surface area contributed by atoms with E-state index in [-0.39, 0.29) is 12.5 Å². The summed E-state index contributed by atoms with van der Waals surface area (Å²) in [5, 5.41) is 12.2. The van der Waals surface area contributed by atoms with Crippen LogP contribution in [0.1, 0.15) is 42.7 Å². The van der Waals surface area contributed by atoms with Gasteiger partial charge in [-0.2, -0.15) is 0 Å². The quantitative estimate of drug-likeness (QED) is 0.763. The first kappa shape index (κ1) is 16.4. The molecule has 0 unspecified atom stereocenters. The number of carbonyl (C=O) groups excluding carboxylic acids is 1. The minimum absolute atomic E-state index is 0.0317. The van der Waals surface area contributed by atoms with Crippen molar-refractivity contribution in [2.24, 2.45) is 0 Å². The fourth-order valence-electron chi connectivity index (χ4n) is 1.91. The van der Waals surface area contributed by atoms with Crippen LogP contribution in [0.5, 0.6) is 0 Å². The van der Waals surface area contributed by atoms with E-state index in [2.05, 4.69) is 24.1 Å². The summed E-state index contributed by atoms with van der Waals surface area (Å²) in [6.07, 6.45) is 2.85. The van der Waals surface area contributed by atoms with Crippen LogP contribution in [0.2, 0.25) is 0 Å². The first-order chi connectivity index (χ1) is 9.62. The second-order valence-electron chi connectivity index (χ2n) is 4.86. The molecule has 112 valence electrons. The van der Waals surface area contributed by atoms with Gasteiger partial charge in [0.25, 0.3) is 5.91 Å². The Morgan fingerprint density at radius 3 is 2.70 bits per heavy atom. The van der Waals surface area contributed by atoms with Crippen molar-refractivity contribution in [3.8, 4) is 0 Å². The molecule has 0 aliphatic carbocycles. The summed E-state index contributed by atoms with van der Waals surface area (Å²) in [5.41, 5.74) is 1.55. The Hall–Kier alpha value is -1.62. The van der Waals surface area contributed by atoms with E-state index in [9.17, 15) is 4.79 Å². The molecule has 0 fully saturated rings. The first-order valence-electron chi connectivity index (χ1n) is 7.23. The van der Waals surface area contributed by atoms with Gasteiger partial charge in [0, 0.05) is 31.4 Å². The number of nitrogens with zero attached hydrogens (tertiary/aromatic N) is 2. The number of aliphatic hydroxyl groups is 1. The summed E-state index contributed by atoms with van der Waals surface area (Å²) in [7, 11) is 1.69. The zero-order valence-corrected chi connectivity index (χ0v) is 12.6. The molecule has 1 heterocycles. The Morgan fingerprint density at radius 2 is 2.10 bits per heavy atom. The number of aromatic nitrogens is 1. The average Bonchev–Trinajstić information content (AvgIpc) is 2.44. The lowest BCUT2D eigenvalue weighted by atomic mass is 10.1. The van der Waals surface area contributed by atoms with Crippen LogP contribution < -0.4 is 5.32 Å². The van der Waals surface area contributed by atoms with Gasteiger partial charge in [0.05, 0.1) is 6.61 Å². The lowest BCUT2D eigenvalue weighted by molar-refractivity contribution is 0.0767. The van der Waals surface area contributed by atoms with E-state index in [1.807, 2.05) is 6.07 Å². The fraction of sp³-hybridized carbons (Fsp3) is 0.600. The molecule has 1 rings (SSSR count). The number of aryl methyl sites for hydroxylation is 1. The standard InChI is InChI=1S/C15H25N3O2/c1-4-6-13-10-12(15(20)18(3)8-9-19)11-14(17-13)16-7-5-2/h10-11,19H,4-9H2,1-3H3,(H,16,17). The average molecular weight is 279 g/mol. The van der Waals surface area contributed by atoms with Crippen molar-refractivity contribution < 1.29 is 9.90 Å². The zero-order valence-electron chi connectivity index (χ0n) is 12.6. The molecular weight excluding hydrogens is 254 g/mol. The maximum atomic E-state index is 12.3. The van der Waals surface area contributed by atoms with Crippen LogP contribution in [0.15, 0.2) is 12.1 Å². The van der Waals surface area contributed by atoms with Crippen LogP contribution >= 0.6 is 0 Å². The molecular formula is C15H25N3O2. The highest BCUT2D eigenvalue weighted by atomic mass is 16.3. The van der Waals surface area contributed by atoms with Gasteiger partial charge in [-0.3, -0.25) is 4.79 Å². The molecule has 0 saturated carbocycles. The number of carbonyl (C=O) groups is 1. The van der Waals surface area contributed by atoms with Crippen LogP contribution in [0, 0.1) is 0 Å². The van der Waals surface area contributed by atoms with Crippen LogP contribution in [0.4, 0.5) is 5.82 Å². The Kier molecular flexibility index (Phi) is 7.01. The van der Waals surface area contributed by atoms with E-state index < -0.39 is 0 Å². The summed E-state index contributed by atoms with van der Waals surface area (Å²) >= 11 is 0. The minimum Gasteiger partial charge on any atom is -0.395 e. The van der Waals surface area contributed by atoms with Crippen molar-refractivity contribution in [2.75, 3.05) is 32.1 Å². The number of rotatable bonds is 8. The maximum Gasteiger partial charge on any atom is 0.253 e. The molecule has 2 N–H and O–H groups in total. The Bertz CT molecular complexity index is 435. The predicted molar refractivity (Wildman–Crippen MR) is 81.1 cm³/mol. The monoisotopic (exact) mass is 279 g/mol. The van der Waals surface area contributed by atoms with Gasteiger partial charge in [-0.25, -0.2) is 4.98 Å². The third-order valence-corrected chi connectivity index (χ3v) is 2.97. The van der Waals surface area contributed by atoms with Gasteiger partial charge in [0.1, 0.15) is 5.82 Å². The molecule has 0 radical (unpaired) electrons. The Balaban J connectivity index is 2.97. The molecule has 0 bridgehead atoms. The smallest absolute Gasteiger partial charge is 0.253 e. The SMILES string of the molecule is CCCNc1cc(C(=O)N(C)CCO)cc(CCC)n1. The van der Waals surface area contributed by atoms with Crippen LogP contribution in [0.25, 0.3) is 0 Å². The molecule has 1 amide bonds. The second-order valence-corrected chi connectivity index (χ2v) is 4.86. The third kappa shape index (κ3) is 4.81. The van der Waals surface area contributed by atoms with E-state index in [1.165, 1.54) is 4.90 Å². The third-order valence-electron chi connectivity index (χ3n) is 2.97. The summed E-state index contributed by atoms with van der Waals surface area (Å²) in [6, 6.07) is 3.63. The molecule has 0 aromatic carbocycles. The Labute approximate surface area is 121 Å². The molecule has 1 aromatic heterocycles. The van der Waals surface area contributed by atoms with Crippen molar-refractivity contribution in [2.45, 2.75) is 33.1 Å². The summed E-state index contributed by atoms with van der Waals surface area (Å²) in [5.74, 6) is 0.664. The number of hydrogen-bond donors (Lipinski definition) is 2. The van der Waals surface area contributed by atoms with Gasteiger partial charge in [-0.05, 0) is 25.0 Å². The number of pyridine rings is 1. The van der Waals surface area contributed by atoms with Gasteiger partial charge >= 0.3 is 0 Å². The van der Waals surface area contributed by atoms with Gasteiger partial charge < -0.3 is 15.3 Å². The lowest BCUT2D eigenvalue weighted by Crippen LogP contribution is -2.29. The number of aliphatic hydroxyl groups excluding tert-OH is 1. The van der Waals surface area contributed by atoms with E-state index in [1.54, 1.807) is 13.1 Å². The van der Waals surface area contributed by atoms with Gasteiger partial charge in [-0.1, -0.05) is 20.3 Å². The number of nitrogens with one attached hydrogen (secondary N) is 1. The number of hydrogen-bond acceptors (Lipinski definition) is 4. The molecule has 5 heteroatoms. The van der Waals surface area contributed by atoms with Crippen LogP contribution in [0.3, 0.4) is 0 Å². The van der Waals surface area contributed by atoms with Crippen LogP contribution in [-0.2, 0) is 6.42 Å². The van der Waals surface area contributed by atoms with Crippen molar-refractivity contribution in [3.63, 3.8) is 0 Å². The summed E-state index contributed by atoms with van der Waals surface area (Å²) < 4.78 is 0. The number of amides is 1. The van der Waals surface area contributed by atoms with Crippen molar-refractivity contribution >= 4 is 11.7 Å². The molecule has 1 aromatic rings. The van der Waals surface area contributed by atoms with E-state index in [4.69, 9.17) is 5.11 Å². The number of likely N-dealkylation sites (N-methyl/N-ethyl adjacent to an activating group) is 1. The molecule has 0 spiro atoms. The summed E-state index contributed by atoms with van der Waals surface area (Å²) in [6.45, 7) is 5.32. The molecule has 0 aliphatic heterocycles. The van der Waals surface area contributed by atoms with Crippen LogP contribution in [-0.4, -0.2) is 47.6 Å². The van der Waals surface area contributed by atoms with Crippen molar-refractivity contribution in [3.05, 3.63) is 23.4 Å². The van der Waals surface area contributed by atoms with Gasteiger partial charge in [0.15, 0.2) is 0 Å². The normalized spacial score (nSPS) is 10.4. The molecule has 0 aliphatic rings. The van der Waals surface area contributed by atoms with Gasteiger partial charge in [0.2, 0.25) is 0 Å². The largest absolute Gasteiger partial charge is 0.395 e. The fourth-order valence-corrected chi connectivity index (χ4v) is 1.91. The highest BCUT2D eigenvalue weighted by Crippen LogP contribution is 2.14. The maximum absolute atomic E-state index is 12.3. The van der Waals surface area contributed by atoms with Crippen molar-refractivity contribution in [1.29, 1.82) is 0 Å². The molecule has 0 atom stereocenters. The topological polar surface area (TPSA) is 65.5 Å². The lowest BCUT2D eigenvalue weighted by Gasteiger charge is -2.17. The van der Waals surface area contributed by atoms with Gasteiger partial charge in [-0.15, -0.1) is 0 Å². The molecule has 20 heavy (non-hydrogen) atoms. The summed E-state index contributed by atoms with van der Waals surface area (Å²) in [4.78, 5) is 18.3. The second kappa shape index (κ2) is 8.53. The predicted octanol–water partition coefficient (Wildman–Crippen LogP) is 1.92. The number of anilines is 1. The first-order valence-corrected chi connectivity index (χ1v) is 7.23. The highest BCUT2D eigenvalue weighted by Gasteiger charge is 2.13. The van der Waals surface area contributed by atoms with Crippen molar-refractivity contribution in [1.82, 2.24) is 9.88 Å². The zero-order chi connectivity index (χ0) is 15.0. The van der Waals surface area contributed by atoms with E-state index in [0.29, 0.717) is 12.1 Å². The van der Waals surface area contributed by atoms with E-state index >= 15 is 0 Å². The molecule has 0 saturated heterocycles. The Morgan fingerprint density at radius 1 is 1.35 bits per heavy atom. The highest BCUT2D eigenvalue weighted by molar-refractivity contribution is 5.94. The molecule has 5 nitrogen and oxygen atoms in total. The van der Waals surface area contributed by atoms with E-state index in [0.717, 1.165) is 37.3 Å². The minimum atomic E-state index is -0.0849.